The SMILES string of the molecule is CCOC(=O)[C@]12O[C@](c3ccccc3)(c3ccccc31)n1c(c(-c3ccccc3)c3ccccc31)[C@H]2c1ccc(OC)cc1. The molecule has 0 unspecified atom stereocenters. The number of benzene rings is 5. The molecule has 6 aromatic rings. The van der Waals surface area contributed by atoms with Gasteiger partial charge in [-0.05, 0) is 36.2 Å². The van der Waals surface area contributed by atoms with Crippen LogP contribution < -0.4 is 4.74 Å². The number of rotatable bonds is 6. The number of aromatic nitrogens is 1. The molecule has 2 bridgehead atoms. The number of ether oxygens (including phenoxy) is 3. The Kier molecular flexibility index (Phi) is 6.00. The molecule has 0 fully saturated rings. The summed E-state index contributed by atoms with van der Waals surface area (Å²) in [5.41, 5.74) is 5.19. The van der Waals surface area contributed by atoms with Gasteiger partial charge in [-0.15, -0.1) is 0 Å². The molecule has 0 N–H and O–H groups in total. The fraction of sp³-hybridized carbons (Fsp3) is 0.154. The van der Waals surface area contributed by atoms with Crippen molar-refractivity contribution in [3.05, 3.63) is 161 Å². The molecule has 5 nitrogen and oxygen atoms in total. The minimum absolute atomic E-state index is 0.230. The molecule has 0 aliphatic carbocycles. The fourth-order valence-corrected chi connectivity index (χ4v) is 7.50. The van der Waals surface area contributed by atoms with Crippen molar-refractivity contribution in [3.8, 4) is 16.9 Å². The first-order valence-corrected chi connectivity index (χ1v) is 15.0. The van der Waals surface area contributed by atoms with E-state index in [4.69, 9.17) is 14.2 Å². The quantitative estimate of drug-likeness (QED) is 0.188. The lowest BCUT2D eigenvalue weighted by molar-refractivity contribution is -0.202. The third kappa shape index (κ3) is 3.41. The van der Waals surface area contributed by atoms with Crippen molar-refractivity contribution >= 4 is 16.9 Å². The third-order valence-corrected chi connectivity index (χ3v) is 9.16. The second-order valence-electron chi connectivity index (χ2n) is 11.3. The smallest absolute Gasteiger partial charge is 0.344 e. The van der Waals surface area contributed by atoms with Crippen molar-refractivity contribution < 1.29 is 19.0 Å². The van der Waals surface area contributed by atoms with Gasteiger partial charge >= 0.3 is 5.97 Å². The Bertz CT molecular complexity index is 2020. The van der Waals surface area contributed by atoms with E-state index in [0.717, 1.165) is 55.7 Å². The highest BCUT2D eigenvalue weighted by molar-refractivity contribution is 6.01. The molecule has 3 heterocycles. The first-order chi connectivity index (χ1) is 21.6. The topological polar surface area (TPSA) is 49.7 Å². The first kappa shape index (κ1) is 26.5. The zero-order valence-corrected chi connectivity index (χ0v) is 24.6. The van der Waals surface area contributed by atoms with Crippen LogP contribution in [0.3, 0.4) is 0 Å². The highest BCUT2D eigenvalue weighted by atomic mass is 16.6. The number of methoxy groups -OCH3 is 1. The zero-order chi connectivity index (χ0) is 29.9. The van der Waals surface area contributed by atoms with Gasteiger partial charge in [0.05, 0.1) is 25.2 Å². The maximum absolute atomic E-state index is 14.7. The summed E-state index contributed by atoms with van der Waals surface area (Å²) in [5.74, 6) is -0.206. The van der Waals surface area contributed by atoms with Crippen LogP contribution in [0.1, 0.15) is 40.8 Å². The standard InChI is InChI=1S/C39H31NO4/c1-3-43-37(41)38-31-19-11-12-20-32(31)39(44-38,28-16-8-5-9-17-28)40-33-21-13-10-18-30(33)34(26-14-6-4-7-15-26)36(40)35(38)27-22-24-29(42-2)25-23-27/h4-25,35H,3H2,1-2H3/t35-,38+,39-/m1/s1. The highest BCUT2D eigenvalue weighted by Crippen LogP contribution is 2.65. The number of carbonyl (C=O) groups excluding carboxylic acids is 1. The molecule has 0 amide bonds. The predicted molar refractivity (Wildman–Crippen MR) is 171 cm³/mol. The minimum Gasteiger partial charge on any atom is -0.497 e. The van der Waals surface area contributed by atoms with E-state index in [-0.39, 0.29) is 6.61 Å². The van der Waals surface area contributed by atoms with Gasteiger partial charge in [-0.3, -0.25) is 0 Å². The van der Waals surface area contributed by atoms with Crippen molar-refractivity contribution in [3.63, 3.8) is 0 Å². The summed E-state index contributed by atoms with van der Waals surface area (Å²) in [6, 6.07) is 45.3. The second-order valence-corrected chi connectivity index (χ2v) is 11.3. The molecule has 5 aromatic carbocycles. The van der Waals surface area contributed by atoms with Crippen molar-refractivity contribution in [2.75, 3.05) is 13.7 Å². The molecule has 0 saturated carbocycles. The largest absolute Gasteiger partial charge is 0.497 e. The Hall–Kier alpha value is -5.13. The lowest BCUT2D eigenvalue weighted by atomic mass is 9.74. The Labute approximate surface area is 256 Å². The fourth-order valence-electron chi connectivity index (χ4n) is 7.50. The van der Waals surface area contributed by atoms with E-state index in [9.17, 15) is 4.79 Å². The molecule has 2 aliphatic rings. The normalized spacial score (nSPS) is 21.5. The summed E-state index contributed by atoms with van der Waals surface area (Å²) < 4.78 is 21.4. The second kappa shape index (κ2) is 9.97. The van der Waals surface area contributed by atoms with E-state index >= 15 is 0 Å². The van der Waals surface area contributed by atoms with Crippen LogP contribution >= 0.6 is 0 Å². The van der Waals surface area contributed by atoms with Crippen LogP contribution in [-0.4, -0.2) is 24.3 Å². The van der Waals surface area contributed by atoms with E-state index in [1.165, 1.54) is 0 Å². The molecule has 5 heteroatoms. The molecule has 1 aromatic heterocycles. The van der Waals surface area contributed by atoms with Gasteiger partial charge in [-0.2, -0.15) is 0 Å². The van der Waals surface area contributed by atoms with Gasteiger partial charge in [-0.25, -0.2) is 4.79 Å². The van der Waals surface area contributed by atoms with Crippen LogP contribution in [0.4, 0.5) is 0 Å². The minimum atomic E-state index is -1.47. The van der Waals surface area contributed by atoms with Crippen LogP contribution in [0.2, 0.25) is 0 Å². The molecular formula is C39H31NO4. The monoisotopic (exact) mass is 577 g/mol. The van der Waals surface area contributed by atoms with E-state index in [2.05, 4.69) is 71.3 Å². The van der Waals surface area contributed by atoms with E-state index in [1.807, 2.05) is 73.7 Å². The van der Waals surface area contributed by atoms with E-state index in [0.29, 0.717) is 0 Å². The number of fused-ring (bicyclic) bond motifs is 4. The third-order valence-electron chi connectivity index (χ3n) is 9.16. The molecule has 0 saturated heterocycles. The molecule has 0 spiro atoms. The van der Waals surface area contributed by atoms with Crippen LogP contribution in [0.5, 0.6) is 5.75 Å². The molecule has 216 valence electrons. The van der Waals surface area contributed by atoms with E-state index < -0.39 is 23.2 Å². The molecular weight excluding hydrogens is 546 g/mol. The number of para-hydroxylation sites is 1. The Morgan fingerprint density at radius 3 is 2.11 bits per heavy atom. The van der Waals surface area contributed by atoms with Crippen molar-refractivity contribution in [2.24, 2.45) is 0 Å². The van der Waals surface area contributed by atoms with Gasteiger partial charge in [0.15, 0.2) is 5.72 Å². The summed E-state index contributed by atoms with van der Waals surface area (Å²) in [4.78, 5) is 14.7. The Morgan fingerprint density at radius 2 is 1.41 bits per heavy atom. The van der Waals surface area contributed by atoms with Crippen molar-refractivity contribution in [1.82, 2.24) is 4.57 Å². The van der Waals surface area contributed by atoms with E-state index in [1.54, 1.807) is 7.11 Å². The molecule has 0 radical (unpaired) electrons. The predicted octanol–water partition coefficient (Wildman–Crippen LogP) is 8.00. The van der Waals surface area contributed by atoms with Gasteiger partial charge < -0.3 is 18.8 Å². The maximum atomic E-state index is 14.7. The zero-order valence-electron chi connectivity index (χ0n) is 24.6. The van der Waals surface area contributed by atoms with Crippen molar-refractivity contribution in [2.45, 2.75) is 24.2 Å². The van der Waals surface area contributed by atoms with Gasteiger partial charge in [0.25, 0.3) is 0 Å². The Balaban J connectivity index is 1.62. The number of hydrogen-bond acceptors (Lipinski definition) is 4. The van der Waals surface area contributed by atoms with Gasteiger partial charge in [0.1, 0.15) is 5.75 Å². The maximum Gasteiger partial charge on any atom is 0.344 e. The van der Waals surface area contributed by atoms with Gasteiger partial charge in [0, 0.05) is 33.3 Å². The van der Waals surface area contributed by atoms with Crippen molar-refractivity contribution in [1.29, 1.82) is 0 Å². The van der Waals surface area contributed by atoms with Crippen LogP contribution in [-0.2, 0) is 25.6 Å². The van der Waals surface area contributed by atoms with Crippen LogP contribution in [0.15, 0.2) is 133 Å². The first-order valence-electron chi connectivity index (χ1n) is 15.0. The summed E-state index contributed by atoms with van der Waals surface area (Å²) in [6.45, 7) is 2.08. The molecule has 2 aliphatic heterocycles. The number of esters is 1. The summed E-state index contributed by atoms with van der Waals surface area (Å²) in [6.07, 6.45) is 0. The molecule has 8 rings (SSSR count). The average Bonchev–Trinajstić information content (AvgIpc) is 3.57. The van der Waals surface area contributed by atoms with Gasteiger partial charge in [0.2, 0.25) is 5.60 Å². The average molecular weight is 578 g/mol. The Morgan fingerprint density at radius 1 is 0.773 bits per heavy atom. The molecule has 3 atom stereocenters. The van der Waals surface area contributed by atoms with Gasteiger partial charge in [-0.1, -0.05) is 115 Å². The summed E-state index contributed by atoms with van der Waals surface area (Å²) in [7, 11) is 1.66. The summed E-state index contributed by atoms with van der Waals surface area (Å²) >= 11 is 0. The summed E-state index contributed by atoms with van der Waals surface area (Å²) in [5, 5.41) is 1.09. The highest BCUT2D eigenvalue weighted by Gasteiger charge is 2.69. The lowest BCUT2D eigenvalue weighted by Gasteiger charge is -2.46. The number of carbonyl (C=O) groups is 1. The lowest BCUT2D eigenvalue weighted by Crippen LogP contribution is -2.53. The molecule has 44 heavy (non-hydrogen) atoms. The van der Waals surface area contributed by atoms with Crippen LogP contribution in [0, 0.1) is 0 Å². The number of nitrogens with zero attached hydrogens (tertiary/aromatic N) is 1. The number of hydrogen-bond donors (Lipinski definition) is 0. The van der Waals surface area contributed by atoms with Crippen LogP contribution in [0.25, 0.3) is 22.0 Å².